The van der Waals surface area contributed by atoms with Gasteiger partial charge in [-0.3, -0.25) is 4.79 Å². The Balaban J connectivity index is 2.02. The molecule has 2 aromatic carbocycles. The molecule has 22 heavy (non-hydrogen) atoms. The lowest BCUT2D eigenvalue weighted by Gasteiger charge is -2.08. The molecule has 0 saturated heterocycles. The highest BCUT2D eigenvalue weighted by molar-refractivity contribution is 9.11. The first-order chi connectivity index (χ1) is 10.5. The van der Waals surface area contributed by atoms with Crippen LogP contribution in [0.1, 0.15) is 22.8 Å². The van der Waals surface area contributed by atoms with E-state index in [9.17, 15) is 9.90 Å². The average Bonchev–Trinajstić information content (AvgIpc) is 2.52. The Kier molecular flexibility index (Phi) is 5.88. The van der Waals surface area contributed by atoms with Crippen molar-refractivity contribution >= 4 is 44.0 Å². The second-order valence-corrected chi connectivity index (χ2v) is 6.37. The Morgan fingerprint density at radius 3 is 2.41 bits per heavy atom. The van der Waals surface area contributed by atoms with E-state index in [2.05, 4.69) is 42.4 Å². The van der Waals surface area contributed by atoms with E-state index in [-0.39, 0.29) is 0 Å². The van der Waals surface area contributed by atoms with Gasteiger partial charge in [0.1, 0.15) is 0 Å². The van der Waals surface area contributed by atoms with E-state index >= 15 is 0 Å². The number of hydrogen-bond donors (Lipinski definition) is 2. The summed E-state index contributed by atoms with van der Waals surface area (Å²) in [6.45, 7) is 1.98. The zero-order chi connectivity index (χ0) is 16.1. The summed E-state index contributed by atoms with van der Waals surface area (Å²) in [7, 11) is 0. The van der Waals surface area contributed by atoms with Crippen molar-refractivity contribution in [3.63, 3.8) is 0 Å². The van der Waals surface area contributed by atoms with Gasteiger partial charge in [-0.25, -0.2) is 5.43 Å². The Morgan fingerprint density at radius 2 is 1.82 bits per heavy atom. The third kappa shape index (κ3) is 4.25. The lowest BCUT2D eigenvalue weighted by Crippen LogP contribution is -2.25. The third-order valence-corrected chi connectivity index (χ3v) is 4.70. The molecule has 0 aliphatic heterocycles. The summed E-state index contributed by atoms with van der Waals surface area (Å²) in [6, 6.07) is 12.5. The average molecular weight is 426 g/mol. The van der Waals surface area contributed by atoms with E-state index in [1.165, 1.54) is 6.21 Å². The summed E-state index contributed by atoms with van der Waals surface area (Å²) >= 11 is 6.91. The van der Waals surface area contributed by atoms with Crippen LogP contribution in [0.15, 0.2) is 56.5 Å². The molecule has 1 amide bonds. The lowest BCUT2D eigenvalue weighted by atomic mass is 10.1. The molecule has 114 valence electrons. The SMILES string of the molecule is Cc1c(Br)cc(/C=N\NC(=O)[C@H](O)c2ccccc2)cc1Br. The van der Waals surface area contributed by atoms with Crippen molar-refractivity contribution in [1.29, 1.82) is 0 Å². The van der Waals surface area contributed by atoms with Crippen molar-refractivity contribution in [3.05, 3.63) is 68.1 Å². The van der Waals surface area contributed by atoms with Crippen molar-refractivity contribution in [2.75, 3.05) is 0 Å². The molecule has 2 rings (SSSR count). The molecule has 0 unspecified atom stereocenters. The van der Waals surface area contributed by atoms with Crippen molar-refractivity contribution in [2.24, 2.45) is 5.10 Å². The van der Waals surface area contributed by atoms with Crippen LogP contribution >= 0.6 is 31.9 Å². The van der Waals surface area contributed by atoms with Gasteiger partial charge in [-0.1, -0.05) is 62.2 Å². The van der Waals surface area contributed by atoms with Crippen LogP contribution in [0, 0.1) is 6.92 Å². The summed E-state index contributed by atoms with van der Waals surface area (Å²) in [5, 5.41) is 13.8. The van der Waals surface area contributed by atoms with Gasteiger partial charge >= 0.3 is 0 Å². The summed E-state index contributed by atoms with van der Waals surface area (Å²) < 4.78 is 1.89. The van der Waals surface area contributed by atoms with E-state index in [0.717, 1.165) is 20.1 Å². The van der Waals surface area contributed by atoms with Gasteiger partial charge in [-0.05, 0) is 35.7 Å². The molecule has 0 aliphatic rings. The number of amides is 1. The van der Waals surface area contributed by atoms with Crippen molar-refractivity contribution in [3.8, 4) is 0 Å². The van der Waals surface area contributed by atoms with E-state index in [1.807, 2.05) is 25.1 Å². The minimum atomic E-state index is -1.24. The highest BCUT2D eigenvalue weighted by Crippen LogP contribution is 2.25. The van der Waals surface area contributed by atoms with Crippen molar-refractivity contribution in [1.82, 2.24) is 5.43 Å². The Morgan fingerprint density at radius 1 is 1.23 bits per heavy atom. The maximum absolute atomic E-state index is 11.8. The Bertz CT molecular complexity index is 680. The quantitative estimate of drug-likeness (QED) is 0.579. The zero-order valence-corrected chi connectivity index (χ0v) is 14.9. The zero-order valence-electron chi connectivity index (χ0n) is 11.8. The van der Waals surface area contributed by atoms with Gasteiger partial charge in [0, 0.05) is 8.95 Å². The molecule has 0 heterocycles. The second kappa shape index (κ2) is 7.67. The number of nitrogens with one attached hydrogen (secondary N) is 1. The van der Waals surface area contributed by atoms with Crippen LogP contribution in [-0.2, 0) is 4.79 Å². The number of rotatable bonds is 4. The lowest BCUT2D eigenvalue weighted by molar-refractivity contribution is -0.129. The van der Waals surface area contributed by atoms with Crippen LogP contribution in [0.25, 0.3) is 0 Å². The Hall–Kier alpha value is -1.50. The highest BCUT2D eigenvalue weighted by Gasteiger charge is 2.15. The van der Waals surface area contributed by atoms with Crippen molar-refractivity contribution in [2.45, 2.75) is 13.0 Å². The fraction of sp³-hybridized carbons (Fsp3) is 0.125. The summed E-state index contributed by atoms with van der Waals surface area (Å²) in [5.41, 5.74) is 4.76. The van der Waals surface area contributed by atoms with Crippen molar-refractivity contribution < 1.29 is 9.90 Å². The van der Waals surface area contributed by atoms with Gasteiger partial charge < -0.3 is 5.11 Å². The molecule has 2 aromatic rings. The molecule has 2 N–H and O–H groups in total. The molecular formula is C16H14Br2N2O2. The molecular weight excluding hydrogens is 412 g/mol. The number of aliphatic hydroxyl groups excluding tert-OH is 1. The molecule has 0 aromatic heterocycles. The van der Waals surface area contributed by atoms with Crippen LogP contribution < -0.4 is 5.43 Å². The summed E-state index contributed by atoms with van der Waals surface area (Å²) in [6.07, 6.45) is 0.278. The topological polar surface area (TPSA) is 61.7 Å². The molecule has 0 bridgehead atoms. The van der Waals surface area contributed by atoms with Crippen LogP contribution in [0.5, 0.6) is 0 Å². The number of benzene rings is 2. The predicted molar refractivity (Wildman–Crippen MR) is 93.7 cm³/mol. The van der Waals surface area contributed by atoms with E-state index < -0.39 is 12.0 Å². The first-order valence-corrected chi connectivity index (χ1v) is 8.09. The summed E-state index contributed by atoms with van der Waals surface area (Å²) in [4.78, 5) is 11.8. The number of hydrogen-bond acceptors (Lipinski definition) is 3. The van der Waals surface area contributed by atoms with E-state index in [4.69, 9.17) is 0 Å². The number of carbonyl (C=O) groups excluding carboxylic acids is 1. The normalized spacial score (nSPS) is 12.4. The maximum atomic E-state index is 11.8. The smallest absolute Gasteiger partial charge is 0.273 e. The Labute approximate surface area is 145 Å². The fourth-order valence-corrected chi connectivity index (χ4v) is 2.98. The van der Waals surface area contributed by atoms with Gasteiger partial charge in [0.15, 0.2) is 6.10 Å². The minimum Gasteiger partial charge on any atom is -0.378 e. The molecule has 1 atom stereocenters. The number of carbonyl (C=O) groups is 1. The first kappa shape index (κ1) is 16.9. The van der Waals surface area contributed by atoms with Crippen LogP contribution in [0.3, 0.4) is 0 Å². The van der Waals surface area contributed by atoms with Crippen LogP contribution in [-0.4, -0.2) is 17.2 Å². The monoisotopic (exact) mass is 424 g/mol. The number of halogens is 2. The largest absolute Gasteiger partial charge is 0.378 e. The third-order valence-electron chi connectivity index (χ3n) is 3.06. The molecule has 4 nitrogen and oxygen atoms in total. The van der Waals surface area contributed by atoms with Gasteiger partial charge in [0.05, 0.1) is 6.21 Å². The first-order valence-electron chi connectivity index (χ1n) is 6.50. The van der Waals surface area contributed by atoms with E-state index in [0.29, 0.717) is 5.56 Å². The molecule has 0 spiro atoms. The van der Waals surface area contributed by atoms with Gasteiger partial charge in [0.25, 0.3) is 5.91 Å². The number of aliphatic hydroxyl groups is 1. The highest BCUT2D eigenvalue weighted by atomic mass is 79.9. The molecule has 0 radical (unpaired) electrons. The number of nitrogens with zero attached hydrogens (tertiary/aromatic N) is 1. The number of hydrazone groups is 1. The maximum Gasteiger partial charge on any atom is 0.273 e. The molecule has 0 aliphatic carbocycles. The molecule has 0 saturated carbocycles. The summed E-state index contributed by atoms with van der Waals surface area (Å²) in [5.74, 6) is -0.576. The standard InChI is InChI=1S/C16H14Br2N2O2/c1-10-13(17)7-11(8-14(10)18)9-19-20-16(22)15(21)12-5-3-2-4-6-12/h2-9,15,21H,1H3,(H,20,22)/b19-9-/t15-/m1/s1. The minimum absolute atomic E-state index is 0.524. The van der Waals surface area contributed by atoms with Gasteiger partial charge in [0.2, 0.25) is 0 Å². The fourth-order valence-electron chi connectivity index (χ4n) is 1.76. The predicted octanol–water partition coefficient (Wildman–Crippen LogP) is 3.70. The van der Waals surface area contributed by atoms with Crippen LogP contribution in [0.2, 0.25) is 0 Å². The molecule has 0 fully saturated rings. The van der Waals surface area contributed by atoms with E-state index in [1.54, 1.807) is 24.3 Å². The van der Waals surface area contributed by atoms with Gasteiger partial charge in [-0.15, -0.1) is 0 Å². The molecule has 6 heteroatoms. The second-order valence-electron chi connectivity index (χ2n) is 4.66. The van der Waals surface area contributed by atoms with Gasteiger partial charge in [-0.2, -0.15) is 5.10 Å². The van der Waals surface area contributed by atoms with Crippen LogP contribution in [0.4, 0.5) is 0 Å².